The third-order valence-electron chi connectivity index (χ3n) is 2.83. The summed E-state index contributed by atoms with van der Waals surface area (Å²) >= 11 is 5.97. The van der Waals surface area contributed by atoms with Crippen molar-refractivity contribution in [3.8, 4) is 5.75 Å². The van der Waals surface area contributed by atoms with Crippen LogP contribution in [0.4, 0.5) is 0 Å². The molecule has 0 saturated carbocycles. The fraction of sp³-hybridized carbons (Fsp3) is 0.125. The Morgan fingerprint density at radius 1 is 1.18 bits per heavy atom. The van der Waals surface area contributed by atoms with Crippen LogP contribution in [0.25, 0.3) is 0 Å². The Hall–Kier alpha value is -2.53. The zero-order valence-electron chi connectivity index (χ0n) is 12.0. The second kappa shape index (κ2) is 7.47. The Kier molecular flexibility index (Phi) is 5.38. The van der Waals surface area contributed by atoms with Gasteiger partial charge in [-0.05, 0) is 30.7 Å². The summed E-state index contributed by atoms with van der Waals surface area (Å²) in [6.07, 6.45) is 0. The van der Waals surface area contributed by atoms with Crippen molar-refractivity contribution < 1.29 is 14.4 Å². The molecule has 2 rings (SSSR count). The number of nitrogens with two attached hydrogens (primary N) is 1. The van der Waals surface area contributed by atoms with Crippen LogP contribution in [0.15, 0.2) is 53.7 Å². The van der Waals surface area contributed by atoms with E-state index < -0.39 is 5.97 Å². The predicted molar refractivity (Wildman–Crippen MR) is 84.9 cm³/mol. The smallest absolute Gasteiger partial charge is 0.372 e. The first-order valence-corrected chi connectivity index (χ1v) is 6.92. The van der Waals surface area contributed by atoms with Gasteiger partial charge in [0.2, 0.25) is 0 Å². The Balaban J connectivity index is 1.91. The number of ether oxygens (including phenoxy) is 1. The summed E-state index contributed by atoms with van der Waals surface area (Å²) in [7, 11) is 0. The van der Waals surface area contributed by atoms with E-state index in [4.69, 9.17) is 26.9 Å². The molecule has 6 heteroatoms. The molecule has 2 N–H and O–H groups in total. The van der Waals surface area contributed by atoms with Gasteiger partial charge < -0.3 is 15.3 Å². The molecule has 0 aliphatic carbocycles. The van der Waals surface area contributed by atoms with Crippen LogP contribution in [0.1, 0.15) is 11.1 Å². The lowest BCUT2D eigenvalue weighted by Gasteiger charge is -2.07. The standard InChI is InChI=1S/C16H15ClN2O3/c1-11-6-2-5-9-14(11)21-10-15(20)22-19-16(18)12-7-3-4-8-13(12)17/h2-9H,10H2,1H3,(H2,18,19). The topological polar surface area (TPSA) is 73.9 Å². The molecule has 0 radical (unpaired) electrons. The summed E-state index contributed by atoms with van der Waals surface area (Å²) in [4.78, 5) is 16.3. The quantitative estimate of drug-likeness (QED) is 0.398. The van der Waals surface area contributed by atoms with E-state index in [1.54, 1.807) is 30.3 Å². The first-order valence-electron chi connectivity index (χ1n) is 6.54. The molecule has 22 heavy (non-hydrogen) atoms. The number of carbonyl (C=O) groups excluding carboxylic acids is 1. The molecule has 114 valence electrons. The summed E-state index contributed by atoms with van der Waals surface area (Å²) in [5.41, 5.74) is 7.15. The molecule has 0 fully saturated rings. The first kappa shape index (κ1) is 15.9. The van der Waals surface area contributed by atoms with Gasteiger partial charge in [-0.3, -0.25) is 0 Å². The lowest BCUT2D eigenvalue weighted by atomic mass is 10.2. The SMILES string of the molecule is Cc1ccccc1OCC(=O)O/N=C(\N)c1ccccc1Cl. The van der Waals surface area contributed by atoms with Gasteiger partial charge in [0.05, 0.1) is 5.02 Å². The zero-order chi connectivity index (χ0) is 15.9. The fourth-order valence-corrected chi connectivity index (χ4v) is 1.93. The largest absolute Gasteiger partial charge is 0.482 e. The minimum Gasteiger partial charge on any atom is -0.482 e. The lowest BCUT2D eigenvalue weighted by Crippen LogP contribution is -2.18. The Bertz CT molecular complexity index is 701. The van der Waals surface area contributed by atoms with Crippen molar-refractivity contribution in [2.75, 3.05) is 6.61 Å². The van der Waals surface area contributed by atoms with Crippen LogP contribution < -0.4 is 10.5 Å². The van der Waals surface area contributed by atoms with E-state index in [9.17, 15) is 4.79 Å². The number of oxime groups is 1. The molecule has 2 aromatic carbocycles. The average molecular weight is 319 g/mol. The molecule has 0 bridgehead atoms. The van der Waals surface area contributed by atoms with Crippen LogP contribution in [0, 0.1) is 6.92 Å². The zero-order valence-corrected chi connectivity index (χ0v) is 12.7. The highest BCUT2D eigenvalue weighted by atomic mass is 35.5. The molecule has 0 aliphatic rings. The van der Waals surface area contributed by atoms with Crippen LogP contribution >= 0.6 is 11.6 Å². The van der Waals surface area contributed by atoms with Crippen molar-refractivity contribution in [1.82, 2.24) is 0 Å². The van der Waals surface area contributed by atoms with Gasteiger partial charge in [0.15, 0.2) is 12.4 Å². The summed E-state index contributed by atoms with van der Waals surface area (Å²) in [5.74, 6) is -0.0180. The van der Waals surface area contributed by atoms with Crippen LogP contribution in [0.3, 0.4) is 0 Å². The van der Waals surface area contributed by atoms with Crippen molar-refractivity contribution in [2.24, 2.45) is 10.9 Å². The van der Waals surface area contributed by atoms with Gasteiger partial charge >= 0.3 is 5.97 Å². The number of hydrogen-bond acceptors (Lipinski definition) is 4. The van der Waals surface area contributed by atoms with Crippen LogP contribution in [0.2, 0.25) is 5.02 Å². The number of halogens is 1. The van der Waals surface area contributed by atoms with Crippen molar-refractivity contribution in [3.05, 3.63) is 64.7 Å². The maximum atomic E-state index is 11.6. The predicted octanol–water partition coefficient (Wildman–Crippen LogP) is 2.89. The summed E-state index contributed by atoms with van der Waals surface area (Å²) < 4.78 is 5.35. The third-order valence-corrected chi connectivity index (χ3v) is 3.16. The number of carbonyl (C=O) groups is 1. The second-order valence-corrected chi connectivity index (χ2v) is 4.88. The molecule has 0 spiro atoms. The Morgan fingerprint density at radius 2 is 1.86 bits per heavy atom. The van der Waals surface area contributed by atoms with Crippen molar-refractivity contribution in [3.63, 3.8) is 0 Å². The summed E-state index contributed by atoms with van der Waals surface area (Å²) in [5, 5.41) is 4.00. The lowest BCUT2D eigenvalue weighted by molar-refractivity contribution is -0.146. The van der Waals surface area contributed by atoms with Gasteiger partial charge in [0.25, 0.3) is 0 Å². The number of hydrogen-bond donors (Lipinski definition) is 1. The first-order chi connectivity index (χ1) is 10.6. The van der Waals surface area contributed by atoms with Gasteiger partial charge in [0, 0.05) is 5.56 Å². The number of aryl methyl sites for hydroxylation is 1. The second-order valence-electron chi connectivity index (χ2n) is 4.47. The highest BCUT2D eigenvalue weighted by Gasteiger charge is 2.08. The molecule has 0 unspecified atom stereocenters. The van der Waals surface area contributed by atoms with E-state index >= 15 is 0 Å². The Morgan fingerprint density at radius 3 is 2.59 bits per heavy atom. The molecule has 0 heterocycles. The van der Waals surface area contributed by atoms with Gasteiger partial charge in [-0.15, -0.1) is 0 Å². The molecule has 0 aromatic heterocycles. The number of nitrogens with zero attached hydrogens (tertiary/aromatic N) is 1. The van der Waals surface area contributed by atoms with Gasteiger partial charge in [-0.2, -0.15) is 0 Å². The number of para-hydroxylation sites is 1. The van der Waals surface area contributed by atoms with E-state index in [1.807, 2.05) is 25.1 Å². The number of rotatable bonds is 5. The van der Waals surface area contributed by atoms with E-state index in [2.05, 4.69) is 5.16 Å². The van der Waals surface area contributed by atoms with Gasteiger partial charge in [0.1, 0.15) is 5.75 Å². The van der Waals surface area contributed by atoms with Crippen molar-refractivity contribution >= 4 is 23.4 Å². The van der Waals surface area contributed by atoms with Crippen molar-refractivity contribution in [2.45, 2.75) is 6.92 Å². The van der Waals surface area contributed by atoms with E-state index in [0.717, 1.165) is 5.56 Å². The summed E-state index contributed by atoms with van der Waals surface area (Å²) in [6, 6.07) is 14.2. The van der Waals surface area contributed by atoms with Crippen LogP contribution in [0.5, 0.6) is 5.75 Å². The van der Waals surface area contributed by atoms with Gasteiger partial charge in [-0.25, -0.2) is 4.79 Å². The minimum atomic E-state index is -0.654. The maximum Gasteiger partial charge on any atom is 0.372 e. The molecule has 0 saturated heterocycles. The molecule has 5 nitrogen and oxygen atoms in total. The third kappa shape index (κ3) is 4.23. The maximum absolute atomic E-state index is 11.6. The summed E-state index contributed by atoms with van der Waals surface area (Å²) in [6.45, 7) is 1.62. The molecular formula is C16H15ClN2O3. The molecule has 0 aliphatic heterocycles. The minimum absolute atomic E-state index is 0.0230. The molecule has 0 atom stereocenters. The van der Waals surface area contributed by atoms with E-state index in [0.29, 0.717) is 16.3 Å². The monoisotopic (exact) mass is 318 g/mol. The molecular weight excluding hydrogens is 304 g/mol. The van der Waals surface area contributed by atoms with Gasteiger partial charge in [-0.1, -0.05) is 47.1 Å². The fourth-order valence-electron chi connectivity index (χ4n) is 1.70. The van der Waals surface area contributed by atoms with E-state index in [1.165, 1.54) is 0 Å². The number of benzene rings is 2. The molecule has 2 aromatic rings. The number of amidine groups is 1. The normalized spacial score (nSPS) is 11.1. The van der Waals surface area contributed by atoms with E-state index in [-0.39, 0.29) is 12.4 Å². The molecule has 0 amide bonds. The average Bonchev–Trinajstić information content (AvgIpc) is 2.52. The Labute approximate surface area is 133 Å². The van der Waals surface area contributed by atoms with Crippen LogP contribution in [-0.4, -0.2) is 18.4 Å². The highest BCUT2D eigenvalue weighted by Crippen LogP contribution is 2.16. The highest BCUT2D eigenvalue weighted by molar-refractivity contribution is 6.34. The van der Waals surface area contributed by atoms with Crippen molar-refractivity contribution in [1.29, 1.82) is 0 Å². The van der Waals surface area contributed by atoms with Crippen LogP contribution in [-0.2, 0) is 9.63 Å².